The molecule has 3 rings (SSSR count). The second-order valence-electron chi connectivity index (χ2n) is 5.23. The third-order valence-electron chi connectivity index (χ3n) is 3.83. The van der Waals surface area contributed by atoms with Crippen LogP contribution >= 0.6 is 11.6 Å². The predicted octanol–water partition coefficient (Wildman–Crippen LogP) is 2.16. The molecule has 3 aromatic rings. The lowest BCUT2D eigenvalue weighted by Gasteiger charge is -2.14. The summed E-state index contributed by atoms with van der Waals surface area (Å²) in [6.07, 6.45) is 0. The lowest BCUT2D eigenvalue weighted by molar-refractivity contribution is 0.270. The van der Waals surface area contributed by atoms with E-state index in [9.17, 15) is 9.90 Å². The monoisotopic (exact) mass is 349 g/mol. The predicted molar refractivity (Wildman–Crippen MR) is 90.0 cm³/mol. The zero-order valence-corrected chi connectivity index (χ0v) is 14.1. The number of aromatic amines is 1. The molecular weight excluding hydrogens is 334 g/mol. The number of fused-ring (bicyclic) bond motifs is 1. The Morgan fingerprint density at radius 1 is 1.29 bits per heavy atom. The van der Waals surface area contributed by atoms with Gasteiger partial charge in [-0.25, -0.2) is 0 Å². The minimum Gasteiger partial charge on any atom is -0.493 e. The van der Waals surface area contributed by atoms with Gasteiger partial charge in [-0.2, -0.15) is 9.61 Å². The van der Waals surface area contributed by atoms with Gasteiger partial charge in [-0.1, -0.05) is 11.6 Å². The summed E-state index contributed by atoms with van der Waals surface area (Å²) in [5.41, 5.74) is 2.67. The van der Waals surface area contributed by atoms with Crippen LogP contribution < -0.4 is 15.0 Å². The molecular formula is C16H16ClN3O4. The molecule has 0 saturated carbocycles. The Morgan fingerprint density at radius 3 is 2.67 bits per heavy atom. The van der Waals surface area contributed by atoms with E-state index in [1.54, 1.807) is 19.1 Å². The van der Waals surface area contributed by atoms with E-state index in [2.05, 4.69) is 10.1 Å². The highest BCUT2D eigenvalue weighted by molar-refractivity contribution is 6.30. The van der Waals surface area contributed by atoms with Crippen molar-refractivity contribution in [1.29, 1.82) is 0 Å². The van der Waals surface area contributed by atoms with Crippen LogP contribution in [0, 0.1) is 6.92 Å². The van der Waals surface area contributed by atoms with Crippen LogP contribution in [0.15, 0.2) is 23.0 Å². The number of aliphatic hydroxyl groups excluding tert-OH is 1. The van der Waals surface area contributed by atoms with Crippen LogP contribution in [0.25, 0.3) is 16.9 Å². The molecule has 2 heterocycles. The molecule has 0 amide bonds. The SMILES string of the molecule is COc1cc(-c2cc(=O)n3nc(Cl)c(C)c3[nH]2)cc(CO)c1OC. The summed E-state index contributed by atoms with van der Waals surface area (Å²) in [6.45, 7) is 1.55. The van der Waals surface area contributed by atoms with E-state index in [0.717, 1.165) is 0 Å². The number of rotatable bonds is 4. The van der Waals surface area contributed by atoms with E-state index in [-0.39, 0.29) is 17.3 Å². The number of H-pyrrole nitrogens is 1. The molecule has 0 aliphatic heterocycles. The number of aliphatic hydroxyl groups is 1. The maximum Gasteiger partial charge on any atom is 0.274 e. The van der Waals surface area contributed by atoms with Gasteiger partial charge < -0.3 is 19.6 Å². The first-order chi connectivity index (χ1) is 11.5. The number of ether oxygens (including phenoxy) is 2. The molecule has 2 aromatic heterocycles. The number of nitrogens with zero attached hydrogens (tertiary/aromatic N) is 2. The number of halogens is 1. The van der Waals surface area contributed by atoms with E-state index in [0.29, 0.717) is 39.5 Å². The van der Waals surface area contributed by atoms with Crippen molar-refractivity contribution in [2.45, 2.75) is 13.5 Å². The van der Waals surface area contributed by atoms with Crippen LogP contribution in [0.5, 0.6) is 11.5 Å². The second kappa shape index (κ2) is 6.18. The van der Waals surface area contributed by atoms with Crippen molar-refractivity contribution in [2.75, 3.05) is 14.2 Å². The van der Waals surface area contributed by atoms with E-state index in [4.69, 9.17) is 21.1 Å². The average Bonchev–Trinajstić information content (AvgIpc) is 2.89. The zero-order chi connectivity index (χ0) is 17.4. The minimum atomic E-state index is -0.311. The Kier molecular flexibility index (Phi) is 4.21. The van der Waals surface area contributed by atoms with Crippen LogP contribution in [0.4, 0.5) is 0 Å². The molecule has 0 bridgehead atoms. The first-order valence-corrected chi connectivity index (χ1v) is 7.52. The number of aryl methyl sites for hydroxylation is 1. The molecule has 8 heteroatoms. The highest BCUT2D eigenvalue weighted by Crippen LogP contribution is 2.36. The van der Waals surface area contributed by atoms with E-state index in [1.165, 1.54) is 24.8 Å². The van der Waals surface area contributed by atoms with Crippen molar-refractivity contribution in [3.63, 3.8) is 0 Å². The van der Waals surface area contributed by atoms with Gasteiger partial charge in [0, 0.05) is 22.8 Å². The van der Waals surface area contributed by atoms with E-state index < -0.39 is 0 Å². The van der Waals surface area contributed by atoms with E-state index in [1.807, 2.05) is 0 Å². The second-order valence-corrected chi connectivity index (χ2v) is 5.58. The highest BCUT2D eigenvalue weighted by Gasteiger charge is 2.16. The Labute approximate surface area is 142 Å². The molecule has 0 radical (unpaired) electrons. The summed E-state index contributed by atoms with van der Waals surface area (Å²) in [7, 11) is 3.01. The standard InChI is InChI=1S/C16H16ClN3O4/c1-8-15(17)19-20-13(22)6-11(18-16(8)20)9-4-10(7-21)14(24-3)12(5-9)23-2/h4-6,18,21H,7H2,1-3H3. The van der Waals surface area contributed by atoms with Crippen molar-refractivity contribution in [2.24, 2.45) is 0 Å². The quantitative estimate of drug-likeness (QED) is 0.753. The van der Waals surface area contributed by atoms with Gasteiger partial charge in [0.15, 0.2) is 16.7 Å². The number of nitrogens with one attached hydrogen (secondary N) is 1. The Balaban J connectivity index is 2.27. The van der Waals surface area contributed by atoms with Gasteiger partial charge in [-0.3, -0.25) is 4.79 Å². The lowest BCUT2D eigenvalue weighted by Crippen LogP contribution is -2.14. The first-order valence-electron chi connectivity index (χ1n) is 7.14. The third-order valence-corrected chi connectivity index (χ3v) is 4.19. The maximum atomic E-state index is 12.3. The lowest BCUT2D eigenvalue weighted by atomic mass is 10.1. The largest absolute Gasteiger partial charge is 0.493 e. The van der Waals surface area contributed by atoms with Crippen LogP contribution in [0.2, 0.25) is 5.15 Å². The number of hydrogen-bond acceptors (Lipinski definition) is 5. The average molecular weight is 350 g/mol. The fourth-order valence-corrected chi connectivity index (χ4v) is 2.76. The van der Waals surface area contributed by atoms with E-state index >= 15 is 0 Å². The summed E-state index contributed by atoms with van der Waals surface area (Å²) in [5.74, 6) is 0.916. The minimum absolute atomic E-state index is 0.225. The molecule has 2 N–H and O–H groups in total. The summed E-state index contributed by atoms with van der Waals surface area (Å²) >= 11 is 6.00. The van der Waals surface area contributed by atoms with Gasteiger partial charge in [-0.05, 0) is 19.1 Å². The third kappa shape index (κ3) is 2.51. The summed E-state index contributed by atoms with van der Waals surface area (Å²) < 4.78 is 11.8. The van der Waals surface area contributed by atoms with Gasteiger partial charge in [-0.15, -0.1) is 0 Å². The van der Waals surface area contributed by atoms with Gasteiger partial charge in [0.1, 0.15) is 5.65 Å². The number of aromatic nitrogens is 3. The van der Waals surface area contributed by atoms with Gasteiger partial charge >= 0.3 is 0 Å². The molecule has 24 heavy (non-hydrogen) atoms. The van der Waals surface area contributed by atoms with Crippen molar-refractivity contribution in [3.05, 3.63) is 44.8 Å². The van der Waals surface area contributed by atoms with Gasteiger partial charge in [0.25, 0.3) is 5.56 Å². The summed E-state index contributed by atoms with van der Waals surface area (Å²) in [4.78, 5) is 15.4. The molecule has 7 nitrogen and oxygen atoms in total. The van der Waals surface area contributed by atoms with Gasteiger partial charge in [0.2, 0.25) is 0 Å². The maximum absolute atomic E-state index is 12.3. The Hall–Kier alpha value is -2.51. The molecule has 0 atom stereocenters. The van der Waals surface area contributed by atoms with Crippen LogP contribution in [0.1, 0.15) is 11.1 Å². The fraction of sp³-hybridized carbons (Fsp3) is 0.250. The van der Waals surface area contributed by atoms with Crippen molar-refractivity contribution >= 4 is 17.2 Å². The molecule has 1 aromatic carbocycles. The fourth-order valence-electron chi connectivity index (χ4n) is 2.60. The molecule has 0 aliphatic carbocycles. The Morgan fingerprint density at radius 2 is 2.04 bits per heavy atom. The molecule has 0 unspecified atom stereocenters. The molecule has 126 valence electrons. The highest BCUT2D eigenvalue weighted by atomic mass is 35.5. The molecule has 0 saturated heterocycles. The normalized spacial score (nSPS) is 11.0. The smallest absolute Gasteiger partial charge is 0.274 e. The molecule has 0 spiro atoms. The number of benzene rings is 1. The van der Waals surface area contributed by atoms with Crippen LogP contribution in [-0.4, -0.2) is 33.9 Å². The first kappa shape index (κ1) is 16.4. The summed E-state index contributed by atoms with van der Waals surface area (Å²) in [5, 5.41) is 13.8. The Bertz CT molecular complexity index is 952. The number of hydrogen-bond donors (Lipinski definition) is 2. The summed E-state index contributed by atoms with van der Waals surface area (Å²) in [6, 6.07) is 4.88. The van der Waals surface area contributed by atoms with Crippen molar-refractivity contribution < 1.29 is 14.6 Å². The topological polar surface area (TPSA) is 88.9 Å². The molecule has 0 fully saturated rings. The zero-order valence-electron chi connectivity index (χ0n) is 13.4. The van der Waals surface area contributed by atoms with Crippen LogP contribution in [-0.2, 0) is 6.61 Å². The molecule has 0 aliphatic rings. The van der Waals surface area contributed by atoms with Crippen LogP contribution in [0.3, 0.4) is 0 Å². The van der Waals surface area contributed by atoms with Crippen molar-refractivity contribution in [1.82, 2.24) is 14.6 Å². The van der Waals surface area contributed by atoms with Crippen molar-refractivity contribution in [3.8, 4) is 22.8 Å². The number of methoxy groups -OCH3 is 2. The van der Waals surface area contributed by atoms with Gasteiger partial charge in [0.05, 0.1) is 26.5 Å².